The van der Waals surface area contributed by atoms with Crippen molar-refractivity contribution >= 4 is 40.6 Å². The minimum atomic E-state index is -2.43. The molecule has 2 fully saturated rings. The zero-order chi connectivity index (χ0) is 14.1. The first-order valence-electron chi connectivity index (χ1n) is 4.80. The van der Waals surface area contributed by atoms with E-state index in [1.807, 2.05) is 0 Å². The Labute approximate surface area is 116 Å². The number of fused-ring (bicyclic) bond motifs is 1. The van der Waals surface area contributed by atoms with Gasteiger partial charge in [0.15, 0.2) is 23.7 Å². The second-order valence-corrected chi connectivity index (χ2v) is 6.70. The standard InChI is InChI=1S/C8H10Cl3NO6/c1-5(4(15)7(9,10)11)8(17)6(16,12-8)2(13)3(14)18-5/h2-3,12-14,16-17H,1H3/t2-,3?,5-,6-,8+/m1/s1. The van der Waals surface area contributed by atoms with Gasteiger partial charge in [0.05, 0.1) is 0 Å². The number of nitrogens with one attached hydrogen (secondary N) is 1. The fourth-order valence-corrected chi connectivity index (χ4v) is 2.64. The first kappa shape index (κ1) is 14.7. The number of hydrogen-bond donors (Lipinski definition) is 5. The quantitative estimate of drug-likeness (QED) is 0.290. The van der Waals surface area contributed by atoms with Crippen molar-refractivity contribution in [2.75, 3.05) is 0 Å². The number of ketones is 1. The van der Waals surface area contributed by atoms with Crippen LogP contribution in [0.15, 0.2) is 0 Å². The topological polar surface area (TPSA) is 129 Å². The molecule has 0 radical (unpaired) electrons. The molecule has 0 aromatic carbocycles. The molecule has 2 saturated heterocycles. The van der Waals surface area contributed by atoms with Crippen LogP contribution in [0.5, 0.6) is 0 Å². The minimum absolute atomic E-state index is 1.03. The van der Waals surface area contributed by atoms with Gasteiger partial charge < -0.3 is 25.2 Å². The number of ether oxygens (including phenoxy) is 1. The summed E-state index contributed by atoms with van der Waals surface area (Å²) in [5, 5.41) is 41.0. The molecule has 1 unspecified atom stereocenters. The Hall–Kier alpha value is 0.300. The molecule has 0 bridgehead atoms. The molecular formula is C8H10Cl3NO6. The van der Waals surface area contributed by atoms with Gasteiger partial charge in [0.1, 0.15) is 0 Å². The van der Waals surface area contributed by atoms with E-state index in [1.54, 1.807) is 0 Å². The van der Waals surface area contributed by atoms with Crippen molar-refractivity contribution in [3.8, 4) is 0 Å². The van der Waals surface area contributed by atoms with Gasteiger partial charge in [-0.15, -0.1) is 0 Å². The van der Waals surface area contributed by atoms with Gasteiger partial charge in [-0.2, -0.15) is 0 Å². The molecule has 2 aliphatic rings. The third kappa shape index (κ3) is 1.57. The zero-order valence-corrected chi connectivity index (χ0v) is 11.2. The van der Waals surface area contributed by atoms with Crippen molar-refractivity contribution in [2.45, 2.75) is 40.2 Å². The summed E-state index contributed by atoms with van der Waals surface area (Å²) in [5.74, 6) is -1.20. The predicted molar refractivity (Wildman–Crippen MR) is 59.8 cm³/mol. The van der Waals surface area contributed by atoms with Crippen LogP contribution in [0, 0.1) is 0 Å². The zero-order valence-electron chi connectivity index (χ0n) is 8.89. The highest BCUT2D eigenvalue weighted by Crippen LogP contribution is 2.54. The number of hydrogen-bond acceptors (Lipinski definition) is 7. The number of rotatable bonds is 1. The number of aliphatic hydroxyl groups excluding tert-OH is 2. The summed E-state index contributed by atoms with van der Waals surface area (Å²) in [7, 11) is 0. The van der Waals surface area contributed by atoms with Crippen LogP contribution < -0.4 is 5.32 Å². The third-order valence-electron chi connectivity index (χ3n) is 3.30. The van der Waals surface area contributed by atoms with Crippen LogP contribution in [-0.2, 0) is 9.53 Å². The molecule has 10 heteroatoms. The molecule has 0 amide bonds. The predicted octanol–water partition coefficient (Wildman–Crippen LogP) is -1.63. The van der Waals surface area contributed by atoms with Gasteiger partial charge in [-0.3, -0.25) is 4.79 Å². The summed E-state index contributed by atoms with van der Waals surface area (Å²) >= 11 is 16.3. The van der Waals surface area contributed by atoms with E-state index in [2.05, 4.69) is 5.32 Å². The van der Waals surface area contributed by atoms with Gasteiger partial charge in [0.2, 0.25) is 11.5 Å². The highest BCUT2D eigenvalue weighted by atomic mass is 35.6. The lowest BCUT2D eigenvalue weighted by Crippen LogP contribution is -2.68. The fraction of sp³-hybridized carbons (Fsp3) is 0.875. The lowest BCUT2D eigenvalue weighted by atomic mass is 9.85. The number of aliphatic hydroxyl groups is 4. The van der Waals surface area contributed by atoms with Crippen LogP contribution in [0.25, 0.3) is 0 Å². The molecule has 0 spiro atoms. The summed E-state index contributed by atoms with van der Waals surface area (Å²) in [6.45, 7) is 1.03. The van der Waals surface area contributed by atoms with Gasteiger partial charge in [0.25, 0.3) is 3.79 Å². The maximum Gasteiger partial charge on any atom is 0.251 e. The molecule has 0 aliphatic carbocycles. The third-order valence-corrected chi connectivity index (χ3v) is 3.81. The number of halogens is 3. The van der Waals surface area contributed by atoms with E-state index in [-0.39, 0.29) is 0 Å². The van der Waals surface area contributed by atoms with Crippen LogP contribution in [0.4, 0.5) is 0 Å². The van der Waals surface area contributed by atoms with Crippen molar-refractivity contribution in [1.82, 2.24) is 5.32 Å². The van der Waals surface area contributed by atoms with E-state index in [1.165, 1.54) is 0 Å². The largest absolute Gasteiger partial charge is 0.383 e. The normalized spacial score (nSPS) is 51.8. The smallest absolute Gasteiger partial charge is 0.251 e. The van der Waals surface area contributed by atoms with Crippen LogP contribution in [0.1, 0.15) is 6.92 Å². The summed E-state index contributed by atoms with van der Waals surface area (Å²) in [5.41, 5.74) is -6.92. The van der Waals surface area contributed by atoms with Crippen molar-refractivity contribution in [3.63, 3.8) is 0 Å². The molecule has 18 heavy (non-hydrogen) atoms. The monoisotopic (exact) mass is 321 g/mol. The Bertz CT molecular complexity index is 416. The van der Waals surface area contributed by atoms with Crippen molar-refractivity contribution in [1.29, 1.82) is 0 Å². The summed E-state index contributed by atoms with van der Waals surface area (Å²) in [4.78, 5) is 12.0. The molecule has 5 atom stereocenters. The van der Waals surface area contributed by atoms with E-state index in [9.17, 15) is 25.2 Å². The van der Waals surface area contributed by atoms with Crippen LogP contribution >= 0.6 is 34.8 Å². The molecule has 2 aliphatic heterocycles. The van der Waals surface area contributed by atoms with Crippen LogP contribution in [0.3, 0.4) is 0 Å². The maximum absolute atomic E-state index is 12.0. The van der Waals surface area contributed by atoms with E-state index < -0.39 is 39.0 Å². The first-order chi connectivity index (χ1) is 7.90. The van der Waals surface area contributed by atoms with E-state index in [4.69, 9.17) is 39.5 Å². The lowest BCUT2D eigenvalue weighted by molar-refractivity contribution is -0.305. The second kappa shape index (κ2) is 3.69. The minimum Gasteiger partial charge on any atom is -0.383 e. The van der Waals surface area contributed by atoms with Crippen molar-refractivity contribution in [2.24, 2.45) is 0 Å². The molecule has 0 aromatic heterocycles. The van der Waals surface area contributed by atoms with E-state index in [0.29, 0.717) is 0 Å². The maximum atomic E-state index is 12.0. The Morgan fingerprint density at radius 2 is 1.83 bits per heavy atom. The van der Waals surface area contributed by atoms with Gasteiger partial charge in [-0.05, 0) is 6.92 Å². The molecule has 2 heterocycles. The van der Waals surface area contributed by atoms with Crippen molar-refractivity contribution < 1.29 is 30.0 Å². The SMILES string of the molecule is C[C@]1(C(=O)C(Cl)(Cl)Cl)OC(O)[C@@H](O)[C@]2(O)N[C@@]21O. The lowest BCUT2D eigenvalue weighted by Gasteiger charge is -2.42. The summed E-state index contributed by atoms with van der Waals surface area (Å²) < 4.78 is 2.39. The Morgan fingerprint density at radius 1 is 1.33 bits per heavy atom. The highest BCUT2D eigenvalue weighted by molar-refractivity contribution is 6.76. The molecule has 2 rings (SSSR count). The highest BCUT2D eigenvalue weighted by Gasteiger charge is 2.85. The number of alkyl halides is 3. The van der Waals surface area contributed by atoms with Crippen LogP contribution in [0.2, 0.25) is 0 Å². The van der Waals surface area contributed by atoms with Crippen LogP contribution in [-0.4, -0.2) is 59.4 Å². The molecule has 7 nitrogen and oxygen atoms in total. The number of Topliss-reactive ketones (excluding diaryl/α,β-unsaturated/α-hetero) is 1. The Kier molecular flexibility index (Phi) is 3.01. The summed E-state index contributed by atoms with van der Waals surface area (Å²) in [6, 6.07) is 0. The van der Waals surface area contributed by atoms with E-state index >= 15 is 0 Å². The molecule has 5 N–H and O–H groups in total. The molecule has 0 aromatic rings. The average Bonchev–Trinajstić information content (AvgIpc) is 2.80. The summed E-state index contributed by atoms with van der Waals surface area (Å²) in [6.07, 6.45) is -3.80. The second-order valence-electron chi connectivity index (χ2n) is 4.42. The number of carbonyl (C=O) groups excluding carboxylic acids is 1. The fourth-order valence-electron chi connectivity index (χ4n) is 2.10. The number of carbonyl (C=O) groups is 1. The molecule has 0 saturated carbocycles. The first-order valence-corrected chi connectivity index (χ1v) is 5.93. The van der Waals surface area contributed by atoms with Gasteiger partial charge in [-0.25, -0.2) is 5.32 Å². The average molecular weight is 323 g/mol. The van der Waals surface area contributed by atoms with Gasteiger partial charge in [-0.1, -0.05) is 34.8 Å². The molecular weight excluding hydrogens is 312 g/mol. The van der Waals surface area contributed by atoms with Gasteiger partial charge >= 0.3 is 0 Å². The van der Waals surface area contributed by atoms with E-state index in [0.717, 1.165) is 6.92 Å². The Morgan fingerprint density at radius 3 is 2.28 bits per heavy atom. The molecule has 104 valence electrons. The van der Waals surface area contributed by atoms with Crippen molar-refractivity contribution in [3.05, 3.63) is 0 Å². The Balaban J connectivity index is 2.44. The van der Waals surface area contributed by atoms with Gasteiger partial charge in [0, 0.05) is 0 Å².